The molecule has 1 amide bonds. The number of hydrogen-bond acceptors (Lipinski definition) is 4. The van der Waals surface area contributed by atoms with Crippen LogP contribution in [0.4, 0.5) is 30.2 Å². The van der Waals surface area contributed by atoms with Gasteiger partial charge in [0.25, 0.3) is 5.91 Å². The van der Waals surface area contributed by atoms with Crippen molar-refractivity contribution in [2.45, 2.75) is 12.7 Å². The number of aromatic nitrogens is 1. The van der Waals surface area contributed by atoms with Crippen molar-refractivity contribution in [2.24, 2.45) is 0 Å². The molecular weight excluding hydrogens is 393 g/mol. The van der Waals surface area contributed by atoms with Crippen molar-refractivity contribution in [1.82, 2.24) is 4.98 Å². The first-order valence-electron chi connectivity index (χ1n) is 9.14. The number of alkyl halides is 3. The van der Waals surface area contributed by atoms with Gasteiger partial charge in [-0.1, -0.05) is 24.3 Å². The van der Waals surface area contributed by atoms with Crippen molar-refractivity contribution in [1.29, 1.82) is 0 Å². The van der Waals surface area contributed by atoms with Gasteiger partial charge in [-0.3, -0.25) is 9.78 Å². The van der Waals surface area contributed by atoms with E-state index >= 15 is 0 Å². The molecule has 30 heavy (non-hydrogen) atoms. The van der Waals surface area contributed by atoms with Crippen molar-refractivity contribution in [3.63, 3.8) is 0 Å². The van der Waals surface area contributed by atoms with Gasteiger partial charge in [0.05, 0.1) is 23.4 Å². The number of nitrogens with zero attached hydrogens (tertiary/aromatic N) is 1. The summed E-state index contributed by atoms with van der Waals surface area (Å²) in [5.41, 5.74) is 1.71. The van der Waals surface area contributed by atoms with Crippen LogP contribution >= 0.6 is 0 Å². The van der Waals surface area contributed by atoms with Crippen LogP contribution in [0.15, 0.2) is 73.1 Å². The minimum absolute atomic E-state index is 0.0460. The molecular formula is C22H17F3N4O. The highest BCUT2D eigenvalue weighted by molar-refractivity contribution is 6.31. The van der Waals surface area contributed by atoms with E-state index in [1.54, 1.807) is 48.7 Å². The summed E-state index contributed by atoms with van der Waals surface area (Å²) in [6.07, 6.45) is -1.55. The van der Waals surface area contributed by atoms with Crippen LogP contribution in [0.1, 0.15) is 16.8 Å². The molecule has 0 fully saturated rings. The summed E-state index contributed by atoms with van der Waals surface area (Å²) in [6, 6.07) is 16.2. The Morgan fingerprint density at radius 3 is 2.60 bits per heavy atom. The Balaban J connectivity index is 1.57. The average Bonchev–Trinajstić information content (AvgIpc) is 3.06. The normalized spacial score (nSPS) is 14.4. The molecule has 3 N–H and O–H groups in total. The number of nitrogens with one attached hydrogen (secondary N) is 3. The topological polar surface area (TPSA) is 66.1 Å². The Labute approximate surface area is 170 Å². The smallest absolute Gasteiger partial charge is 0.379 e. The summed E-state index contributed by atoms with van der Waals surface area (Å²) >= 11 is 0. The van der Waals surface area contributed by atoms with Crippen molar-refractivity contribution in [3.8, 4) is 0 Å². The van der Waals surface area contributed by atoms with Crippen LogP contribution in [-0.4, -0.2) is 10.9 Å². The summed E-state index contributed by atoms with van der Waals surface area (Å²) in [6.45, 7) is 0.164. The number of pyridine rings is 1. The van der Waals surface area contributed by atoms with Crippen LogP contribution in [0.5, 0.6) is 0 Å². The molecule has 0 bridgehead atoms. The van der Waals surface area contributed by atoms with Gasteiger partial charge < -0.3 is 16.0 Å². The van der Waals surface area contributed by atoms with Gasteiger partial charge in [-0.15, -0.1) is 0 Å². The second kappa shape index (κ2) is 7.90. The van der Waals surface area contributed by atoms with Crippen molar-refractivity contribution in [2.75, 3.05) is 16.0 Å². The molecule has 8 heteroatoms. The van der Waals surface area contributed by atoms with E-state index in [-0.39, 0.29) is 23.8 Å². The van der Waals surface area contributed by atoms with Gasteiger partial charge in [-0.05, 0) is 36.4 Å². The standard InChI is InChI=1S/C22H17F3N4O/c23-22(24,25)18-11-14(8-9-20(18)28-12-15-5-3-4-10-26-15)27-13-17-16-6-1-2-7-19(16)29-21(17)30/h1-11,13,27-28H,12H2,(H,29,30)/b17-13+. The summed E-state index contributed by atoms with van der Waals surface area (Å²) in [5.74, 6) is -0.312. The van der Waals surface area contributed by atoms with Crippen LogP contribution in [0.2, 0.25) is 0 Å². The molecule has 5 nitrogen and oxygen atoms in total. The van der Waals surface area contributed by atoms with Crippen molar-refractivity contribution >= 4 is 28.5 Å². The minimum Gasteiger partial charge on any atom is -0.379 e. The van der Waals surface area contributed by atoms with Gasteiger partial charge in [0.2, 0.25) is 0 Å². The lowest BCUT2D eigenvalue weighted by atomic mass is 10.1. The highest BCUT2D eigenvalue weighted by atomic mass is 19.4. The molecule has 0 radical (unpaired) electrons. The zero-order valence-corrected chi connectivity index (χ0v) is 15.6. The third kappa shape index (κ3) is 4.12. The van der Waals surface area contributed by atoms with Crippen LogP contribution < -0.4 is 16.0 Å². The molecule has 152 valence electrons. The lowest BCUT2D eigenvalue weighted by molar-refractivity contribution is -0.136. The van der Waals surface area contributed by atoms with E-state index in [0.29, 0.717) is 22.5 Å². The molecule has 0 saturated carbocycles. The van der Waals surface area contributed by atoms with E-state index in [9.17, 15) is 18.0 Å². The quantitative estimate of drug-likeness (QED) is 0.511. The lowest BCUT2D eigenvalue weighted by Gasteiger charge is -2.16. The second-order valence-corrected chi connectivity index (χ2v) is 6.63. The number of carbonyl (C=O) groups excluding carboxylic acids is 1. The van der Waals surface area contributed by atoms with Crippen molar-refractivity contribution < 1.29 is 18.0 Å². The molecule has 2 aromatic carbocycles. The maximum atomic E-state index is 13.6. The first-order valence-corrected chi connectivity index (χ1v) is 9.14. The number of amides is 1. The van der Waals surface area contributed by atoms with E-state index < -0.39 is 11.7 Å². The predicted molar refractivity (Wildman–Crippen MR) is 110 cm³/mol. The molecule has 4 rings (SSSR count). The first-order chi connectivity index (χ1) is 14.4. The maximum absolute atomic E-state index is 13.6. The Morgan fingerprint density at radius 1 is 1.03 bits per heavy atom. The number of anilines is 3. The van der Waals surface area contributed by atoms with Crippen LogP contribution in [0.25, 0.3) is 5.57 Å². The molecule has 1 aliphatic rings. The van der Waals surface area contributed by atoms with Gasteiger partial charge in [0.1, 0.15) is 0 Å². The number of halogens is 3. The zero-order chi connectivity index (χ0) is 21.1. The molecule has 3 aromatic rings. The number of hydrogen-bond donors (Lipinski definition) is 3. The van der Waals surface area contributed by atoms with Gasteiger partial charge in [-0.2, -0.15) is 13.2 Å². The number of carbonyl (C=O) groups is 1. The SMILES string of the molecule is O=C1Nc2ccccc2/C1=C\Nc1ccc(NCc2ccccn2)c(C(F)(F)F)c1. The third-order valence-corrected chi connectivity index (χ3v) is 4.60. The van der Waals surface area contributed by atoms with E-state index in [2.05, 4.69) is 20.9 Å². The zero-order valence-electron chi connectivity index (χ0n) is 15.6. The van der Waals surface area contributed by atoms with Crippen LogP contribution in [0, 0.1) is 0 Å². The van der Waals surface area contributed by atoms with Crippen LogP contribution in [-0.2, 0) is 17.5 Å². The Kier molecular flexibility index (Phi) is 5.14. The van der Waals surface area contributed by atoms with Gasteiger partial charge in [-0.25, -0.2) is 0 Å². The molecule has 0 aliphatic carbocycles. The number of rotatable bonds is 5. The molecule has 1 aromatic heterocycles. The fraction of sp³-hybridized carbons (Fsp3) is 0.0909. The summed E-state index contributed by atoms with van der Waals surface area (Å²) in [4.78, 5) is 16.2. The number of benzene rings is 2. The molecule has 0 unspecified atom stereocenters. The van der Waals surface area contributed by atoms with Gasteiger partial charge >= 0.3 is 6.18 Å². The number of para-hydroxylation sites is 1. The third-order valence-electron chi connectivity index (χ3n) is 4.60. The van der Waals surface area contributed by atoms with Gasteiger partial charge in [0.15, 0.2) is 0 Å². The second-order valence-electron chi connectivity index (χ2n) is 6.63. The number of fused-ring (bicyclic) bond motifs is 1. The Morgan fingerprint density at radius 2 is 1.83 bits per heavy atom. The lowest BCUT2D eigenvalue weighted by Crippen LogP contribution is -2.12. The van der Waals surface area contributed by atoms with E-state index in [1.165, 1.54) is 18.3 Å². The van der Waals surface area contributed by atoms with Crippen molar-refractivity contribution in [3.05, 3.63) is 89.9 Å². The highest BCUT2D eigenvalue weighted by Crippen LogP contribution is 2.37. The molecule has 0 spiro atoms. The van der Waals surface area contributed by atoms with Gasteiger partial charge in [0, 0.05) is 35.0 Å². The fourth-order valence-corrected chi connectivity index (χ4v) is 3.15. The largest absolute Gasteiger partial charge is 0.418 e. The first kappa shape index (κ1) is 19.5. The molecule has 1 aliphatic heterocycles. The van der Waals surface area contributed by atoms with E-state index in [4.69, 9.17) is 0 Å². The summed E-state index contributed by atoms with van der Waals surface area (Å²) in [7, 11) is 0. The van der Waals surface area contributed by atoms with E-state index in [0.717, 1.165) is 6.07 Å². The monoisotopic (exact) mass is 410 g/mol. The minimum atomic E-state index is -4.55. The van der Waals surface area contributed by atoms with E-state index in [1.807, 2.05) is 0 Å². The molecule has 0 atom stereocenters. The predicted octanol–water partition coefficient (Wildman–Crippen LogP) is 5.12. The van der Waals surface area contributed by atoms with Crippen LogP contribution in [0.3, 0.4) is 0 Å². The molecule has 2 heterocycles. The Bertz CT molecular complexity index is 1110. The fourth-order valence-electron chi connectivity index (χ4n) is 3.15. The highest BCUT2D eigenvalue weighted by Gasteiger charge is 2.34. The maximum Gasteiger partial charge on any atom is 0.418 e. The Hall–Kier alpha value is -3.81. The average molecular weight is 410 g/mol. The summed E-state index contributed by atoms with van der Waals surface area (Å²) in [5, 5.41) is 8.32. The summed E-state index contributed by atoms with van der Waals surface area (Å²) < 4.78 is 40.8. The molecule has 0 saturated heterocycles.